The van der Waals surface area contributed by atoms with Gasteiger partial charge in [0.1, 0.15) is 11.5 Å². The van der Waals surface area contributed by atoms with E-state index in [4.69, 9.17) is 37.4 Å². The van der Waals surface area contributed by atoms with Gasteiger partial charge in [0, 0.05) is 15.6 Å². The zero-order chi connectivity index (χ0) is 20.0. The molecule has 0 aliphatic carbocycles. The Morgan fingerprint density at radius 2 is 1.59 bits per heavy atom. The maximum Gasteiger partial charge on any atom is 0.311 e. The highest BCUT2D eigenvalue weighted by Gasteiger charge is 2.20. The summed E-state index contributed by atoms with van der Waals surface area (Å²) in [6, 6.07) is 9.74. The van der Waals surface area contributed by atoms with Gasteiger partial charge in [-0.3, -0.25) is 9.59 Å². The minimum atomic E-state index is -1.02. The standard InChI is InChI=1S/C19H19Cl2NO5/c1-11(19(24)22-15-10-14(21)5-7-17(15)26-3)27-18(23)9-12-8-13(20)4-6-16(12)25-2/h4-8,10-11H,9H2,1-3H3,(H,22,24)/t11-/m1/s1. The van der Waals surface area contributed by atoms with E-state index in [-0.39, 0.29) is 6.42 Å². The molecule has 27 heavy (non-hydrogen) atoms. The predicted octanol–water partition coefficient (Wildman–Crippen LogP) is 4.12. The third-order valence-corrected chi connectivity index (χ3v) is 4.14. The Labute approximate surface area is 167 Å². The lowest BCUT2D eigenvalue weighted by Gasteiger charge is -2.16. The SMILES string of the molecule is COc1ccc(Cl)cc1CC(=O)O[C@H](C)C(=O)Nc1cc(Cl)ccc1OC. The number of benzene rings is 2. The first-order chi connectivity index (χ1) is 12.8. The molecule has 0 saturated heterocycles. The van der Waals surface area contributed by atoms with Crippen molar-refractivity contribution in [3.63, 3.8) is 0 Å². The third-order valence-electron chi connectivity index (χ3n) is 3.67. The van der Waals surface area contributed by atoms with E-state index in [9.17, 15) is 9.59 Å². The molecule has 0 spiro atoms. The molecule has 0 bridgehead atoms. The predicted molar refractivity (Wildman–Crippen MR) is 104 cm³/mol. The molecule has 2 aromatic rings. The molecule has 2 rings (SSSR count). The highest BCUT2D eigenvalue weighted by molar-refractivity contribution is 6.31. The fraction of sp³-hybridized carbons (Fsp3) is 0.263. The van der Waals surface area contributed by atoms with Crippen LogP contribution in [0.15, 0.2) is 36.4 Å². The smallest absolute Gasteiger partial charge is 0.311 e. The van der Waals surface area contributed by atoms with E-state index < -0.39 is 18.0 Å². The Balaban J connectivity index is 2.01. The van der Waals surface area contributed by atoms with E-state index in [0.717, 1.165) is 0 Å². The minimum absolute atomic E-state index is 0.0815. The van der Waals surface area contributed by atoms with Crippen molar-refractivity contribution >= 4 is 40.8 Å². The van der Waals surface area contributed by atoms with Crippen LogP contribution < -0.4 is 14.8 Å². The summed E-state index contributed by atoms with van der Waals surface area (Å²) in [7, 11) is 2.97. The fourth-order valence-electron chi connectivity index (χ4n) is 2.35. The van der Waals surface area contributed by atoms with Crippen molar-refractivity contribution in [1.29, 1.82) is 0 Å². The van der Waals surface area contributed by atoms with Crippen molar-refractivity contribution in [2.24, 2.45) is 0 Å². The monoisotopic (exact) mass is 411 g/mol. The number of nitrogens with one attached hydrogen (secondary N) is 1. The van der Waals surface area contributed by atoms with Crippen molar-refractivity contribution in [1.82, 2.24) is 0 Å². The van der Waals surface area contributed by atoms with Crippen LogP contribution in [0.1, 0.15) is 12.5 Å². The van der Waals surface area contributed by atoms with Crippen molar-refractivity contribution in [2.75, 3.05) is 19.5 Å². The lowest BCUT2D eigenvalue weighted by atomic mass is 10.1. The van der Waals surface area contributed by atoms with Crippen LogP contribution in [0.2, 0.25) is 10.0 Å². The summed E-state index contributed by atoms with van der Waals surface area (Å²) in [5.74, 6) is -0.148. The van der Waals surface area contributed by atoms with Crippen LogP contribution in [0, 0.1) is 0 Å². The molecule has 0 aliphatic heterocycles. The van der Waals surface area contributed by atoms with Gasteiger partial charge in [-0.05, 0) is 43.3 Å². The molecular formula is C19H19Cl2NO5. The topological polar surface area (TPSA) is 73.9 Å². The molecule has 144 valence electrons. The molecule has 2 aromatic carbocycles. The van der Waals surface area contributed by atoms with Crippen molar-refractivity contribution in [2.45, 2.75) is 19.4 Å². The van der Waals surface area contributed by atoms with Crippen molar-refractivity contribution < 1.29 is 23.8 Å². The molecule has 0 saturated carbocycles. The van der Waals surface area contributed by atoms with Gasteiger partial charge in [-0.25, -0.2) is 0 Å². The van der Waals surface area contributed by atoms with Crippen molar-refractivity contribution in [3.8, 4) is 11.5 Å². The Morgan fingerprint density at radius 1 is 1.00 bits per heavy atom. The van der Waals surface area contributed by atoms with Gasteiger partial charge in [0.15, 0.2) is 6.10 Å². The molecule has 1 atom stereocenters. The molecule has 1 amide bonds. The number of carbonyl (C=O) groups excluding carboxylic acids is 2. The molecule has 8 heteroatoms. The number of anilines is 1. The van der Waals surface area contributed by atoms with Gasteiger partial charge in [-0.15, -0.1) is 0 Å². The Hall–Kier alpha value is -2.44. The average molecular weight is 412 g/mol. The molecule has 0 aromatic heterocycles. The maximum atomic E-state index is 12.3. The summed E-state index contributed by atoms with van der Waals surface area (Å²) in [6.45, 7) is 1.47. The van der Waals surface area contributed by atoms with Gasteiger partial charge in [0.05, 0.1) is 26.3 Å². The number of esters is 1. The van der Waals surface area contributed by atoms with E-state index in [1.54, 1.807) is 36.4 Å². The highest BCUT2D eigenvalue weighted by atomic mass is 35.5. The first-order valence-electron chi connectivity index (χ1n) is 8.00. The minimum Gasteiger partial charge on any atom is -0.496 e. The van der Waals surface area contributed by atoms with E-state index >= 15 is 0 Å². The second kappa shape index (κ2) is 9.48. The molecule has 0 unspecified atom stereocenters. The fourth-order valence-corrected chi connectivity index (χ4v) is 2.71. The maximum absolute atomic E-state index is 12.3. The number of rotatable bonds is 7. The van der Waals surface area contributed by atoms with Gasteiger partial charge < -0.3 is 19.5 Å². The van der Waals surface area contributed by atoms with E-state index in [0.29, 0.717) is 32.8 Å². The van der Waals surface area contributed by atoms with Crippen LogP contribution >= 0.6 is 23.2 Å². The number of amides is 1. The molecule has 0 heterocycles. The first kappa shape index (κ1) is 20.9. The van der Waals surface area contributed by atoms with E-state index in [2.05, 4.69) is 5.32 Å². The third kappa shape index (κ3) is 5.77. The largest absolute Gasteiger partial charge is 0.496 e. The van der Waals surface area contributed by atoms with Crippen LogP contribution in [-0.4, -0.2) is 32.2 Å². The lowest BCUT2D eigenvalue weighted by Crippen LogP contribution is -2.30. The number of ether oxygens (including phenoxy) is 3. The van der Waals surface area contributed by atoms with Crippen LogP contribution in [0.3, 0.4) is 0 Å². The number of hydrogen-bond acceptors (Lipinski definition) is 5. The second-order valence-corrected chi connectivity index (χ2v) is 6.47. The van der Waals surface area contributed by atoms with Crippen LogP contribution in [0.4, 0.5) is 5.69 Å². The summed E-state index contributed by atoms with van der Waals surface area (Å²) < 4.78 is 15.6. The van der Waals surface area contributed by atoms with Gasteiger partial charge >= 0.3 is 5.97 Å². The first-order valence-corrected chi connectivity index (χ1v) is 8.76. The van der Waals surface area contributed by atoms with E-state index in [1.165, 1.54) is 21.1 Å². The highest BCUT2D eigenvalue weighted by Crippen LogP contribution is 2.28. The van der Waals surface area contributed by atoms with Crippen molar-refractivity contribution in [3.05, 3.63) is 52.0 Å². The van der Waals surface area contributed by atoms with Crippen LogP contribution in [-0.2, 0) is 20.7 Å². The van der Waals surface area contributed by atoms with Gasteiger partial charge in [0.2, 0.25) is 0 Å². The van der Waals surface area contributed by atoms with Gasteiger partial charge in [0.25, 0.3) is 5.91 Å². The molecular weight excluding hydrogens is 393 g/mol. The lowest BCUT2D eigenvalue weighted by molar-refractivity contribution is -0.152. The van der Waals surface area contributed by atoms with Gasteiger partial charge in [-0.1, -0.05) is 23.2 Å². The Bertz CT molecular complexity index is 841. The summed E-state index contributed by atoms with van der Waals surface area (Å²) in [5, 5.41) is 3.54. The average Bonchev–Trinajstić information content (AvgIpc) is 2.62. The summed E-state index contributed by atoms with van der Waals surface area (Å²) >= 11 is 11.9. The summed E-state index contributed by atoms with van der Waals surface area (Å²) in [4.78, 5) is 24.5. The molecule has 0 radical (unpaired) electrons. The Kier molecular flexibility index (Phi) is 7.33. The van der Waals surface area contributed by atoms with E-state index in [1.807, 2.05) is 0 Å². The van der Waals surface area contributed by atoms with Crippen LogP contribution in [0.25, 0.3) is 0 Å². The summed E-state index contributed by atoms with van der Waals surface area (Å²) in [6.07, 6.45) is -1.10. The number of methoxy groups -OCH3 is 2. The normalized spacial score (nSPS) is 11.4. The summed E-state index contributed by atoms with van der Waals surface area (Å²) in [5.41, 5.74) is 0.952. The molecule has 0 aliphatic rings. The molecule has 1 N–H and O–H groups in total. The zero-order valence-corrected chi connectivity index (χ0v) is 16.6. The molecule has 0 fully saturated rings. The zero-order valence-electron chi connectivity index (χ0n) is 15.0. The second-order valence-electron chi connectivity index (χ2n) is 5.60. The number of hydrogen-bond donors (Lipinski definition) is 1. The van der Waals surface area contributed by atoms with Crippen LogP contribution in [0.5, 0.6) is 11.5 Å². The van der Waals surface area contributed by atoms with Gasteiger partial charge in [-0.2, -0.15) is 0 Å². The molecule has 6 nitrogen and oxygen atoms in total. The number of halogens is 2. The Morgan fingerprint density at radius 3 is 2.22 bits per heavy atom. The quantitative estimate of drug-likeness (QED) is 0.693. The number of carbonyl (C=O) groups is 2.